The summed E-state index contributed by atoms with van der Waals surface area (Å²) < 4.78 is 15.8. The number of nitrogens with zero attached hydrogens (tertiary/aromatic N) is 4. The lowest BCUT2D eigenvalue weighted by molar-refractivity contribution is -0.113. The van der Waals surface area contributed by atoms with Crippen molar-refractivity contribution >= 4 is 56.1 Å². The maximum Gasteiger partial charge on any atom is 0.283 e. The van der Waals surface area contributed by atoms with Crippen molar-refractivity contribution in [2.45, 2.75) is 12.1 Å². The molecule has 11 heteroatoms. The van der Waals surface area contributed by atoms with Gasteiger partial charge in [0.1, 0.15) is 21.9 Å². The zero-order valence-electron chi connectivity index (χ0n) is 16.6. The minimum atomic E-state index is -0.567. The Bertz CT molecular complexity index is 1540. The summed E-state index contributed by atoms with van der Waals surface area (Å²) in [4.78, 5) is 33.6. The molecular weight excluding hydrogens is 451 g/mol. The SMILES string of the molecule is Cc1nnc(NC(=O)CSc2nc3c([nH]c4ccccc43)c(=O)n2-c2ccccc2F)s1. The van der Waals surface area contributed by atoms with Crippen molar-refractivity contribution in [3.05, 3.63) is 69.7 Å². The number of fused-ring (bicyclic) bond motifs is 3. The number of hydrogen-bond acceptors (Lipinski definition) is 7. The Morgan fingerprint density at radius 3 is 2.75 bits per heavy atom. The van der Waals surface area contributed by atoms with Crippen molar-refractivity contribution in [1.82, 2.24) is 24.7 Å². The molecule has 3 aromatic heterocycles. The van der Waals surface area contributed by atoms with Gasteiger partial charge < -0.3 is 4.98 Å². The number of anilines is 1. The lowest BCUT2D eigenvalue weighted by Gasteiger charge is -2.12. The molecule has 5 aromatic rings. The number of benzene rings is 2. The number of thioether (sulfide) groups is 1. The Balaban J connectivity index is 1.60. The number of aryl methyl sites for hydroxylation is 1. The lowest BCUT2D eigenvalue weighted by Crippen LogP contribution is -2.23. The van der Waals surface area contributed by atoms with E-state index in [2.05, 4.69) is 25.5 Å². The van der Waals surface area contributed by atoms with Crippen LogP contribution in [0.15, 0.2) is 58.5 Å². The summed E-state index contributed by atoms with van der Waals surface area (Å²) in [5, 5.41) is 12.5. The summed E-state index contributed by atoms with van der Waals surface area (Å²) in [6.45, 7) is 1.79. The average molecular weight is 467 g/mol. The quantitative estimate of drug-likeness (QED) is 0.301. The summed E-state index contributed by atoms with van der Waals surface area (Å²) in [6, 6.07) is 13.4. The summed E-state index contributed by atoms with van der Waals surface area (Å²) in [5.74, 6) is -0.949. The minimum absolute atomic E-state index is 0.0482. The number of H-pyrrole nitrogens is 1. The second kappa shape index (κ2) is 8.17. The third-order valence-electron chi connectivity index (χ3n) is 4.69. The van der Waals surface area contributed by atoms with Crippen LogP contribution in [0.4, 0.5) is 9.52 Å². The Morgan fingerprint density at radius 2 is 1.97 bits per heavy atom. The average Bonchev–Trinajstić information content (AvgIpc) is 3.36. The van der Waals surface area contributed by atoms with Crippen LogP contribution in [0.2, 0.25) is 0 Å². The zero-order chi connectivity index (χ0) is 22.2. The van der Waals surface area contributed by atoms with Crippen molar-refractivity contribution in [2.75, 3.05) is 11.1 Å². The molecule has 0 spiro atoms. The van der Waals surface area contributed by atoms with E-state index in [1.165, 1.54) is 28.0 Å². The number of amides is 1. The molecule has 1 amide bonds. The topological polar surface area (TPSA) is 106 Å². The van der Waals surface area contributed by atoms with Crippen molar-refractivity contribution < 1.29 is 9.18 Å². The predicted octanol–water partition coefficient (Wildman–Crippen LogP) is 3.90. The molecule has 160 valence electrons. The third kappa shape index (κ3) is 3.65. The highest BCUT2D eigenvalue weighted by molar-refractivity contribution is 7.99. The fourth-order valence-electron chi connectivity index (χ4n) is 3.32. The first-order valence-electron chi connectivity index (χ1n) is 9.52. The Hall–Kier alpha value is -3.57. The molecule has 32 heavy (non-hydrogen) atoms. The number of rotatable bonds is 5. The van der Waals surface area contributed by atoms with Crippen LogP contribution in [0.5, 0.6) is 0 Å². The first-order valence-corrected chi connectivity index (χ1v) is 11.3. The molecule has 0 aliphatic heterocycles. The van der Waals surface area contributed by atoms with E-state index in [4.69, 9.17) is 0 Å². The lowest BCUT2D eigenvalue weighted by atomic mass is 10.2. The fraction of sp³-hybridized carbons (Fsp3) is 0.0952. The Kier molecular flexibility index (Phi) is 5.19. The van der Waals surface area contributed by atoms with Gasteiger partial charge in [0.2, 0.25) is 11.0 Å². The second-order valence-electron chi connectivity index (χ2n) is 6.84. The highest BCUT2D eigenvalue weighted by Gasteiger charge is 2.20. The molecule has 0 atom stereocenters. The van der Waals surface area contributed by atoms with Crippen molar-refractivity contribution in [2.24, 2.45) is 0 Å². The predicted molar refractivity (Wildman–Crippen MR) is 123 cm³/mol. The number of carbonyl (C=O) groups excluding carboxylic acids is 1. The summed E-state index contributed by atoms with van der Waals surface area (Å²) in [5.41, 5.74) is 1.11. The van der Waals surface area contributed by atoms with Crippen LogP contribution in [0.1, 0.15) is 5.01 Å². The van der Waals surface area contributed by atoms with Gasteiger partial charge >= 0.3 is 0 Å². The summed E-state index contributed by atoms with van der Waals surface area (Å²) in [7, 11) is 0. The third-order valence-corrected chi connectivity index (χ3v) is 6.39. The molecule has 8 nitrogen and oxygen atoms in total. The molecule has 0 fully saturated rings. The van der Waals surface area contributed by atoms with Gasteiger partial charge in [0, 0.05) is 10.9 Å². The number of halogens is 1. The monoisotopic (exact) mass is 466 g/mol. The highest BCUT2D eigenvalue weighted by atomic mass is 32.2. The summed E-state index contributed by atoms with van der Waals surface area (Å²) in [6.07, 6.45) is 0. The number of aromatic nitrogens is 5. The van der Waals surface area contributed by atoms with Crippen LogP contribution in [0.25, 0.3) is 27.6 Å². The Morgan fingerprint density at radius 1 is 1.19 bits per heavy atom. The molecule has 5 rings (SSSR count). The molecule has 2 N–H and O–H groups in total. The standard InChI is InChI=1S/C21H15FN6O2S2/c1-11-26-27-20(32-11)24-16(29)10-31-21-25-17-12-6-2-4-8-14(12)23-18(17)19(30)28(21)15-9-5-3-7-13(15)22/h2-9,23H,10H2,1H3,(H,24,27,29). The van der Waals surface area contributed by atoms with Crippen LogP contribution in [0.3, 0.4) is 0 Å². The van der Waals surface area contributed by atoms with Crippen molar-refractivity contribution in [3.63, 3.8) is 0 Å². The minimum Gasteiger partial charge on any atom is -0.349 e. The van der Waals surface area contributed by atoms with E-state index >= 15 is 0 Å². The van der Waals surface area contributed by atoms with E-state index in [9.17, 15) is 14.0 Å². The van der Waals surface area contributed by atoms with Crippen LogP contribution in [-0.4, -0.2) is 36.4 Å². The van der Waals surface area contributed by atoms with Crippen LogP contribution in [-0.2, 0) is 4.79 Å². The highest BCUT2D eigenvalue weighted by Crippen LogP contribution is 2.27. The second-order valence-corrected chi connectivity index (χ2v) is 8.97. The van der Waals surface area contributed by atoms with E-state index in [0.717, 1.165) is 27.7 Å². The maximum absolute atomic E-state index is 14.6. The van der Waals surface area contributed by atoms with Crippen molar-refractivity contribution in [1.29, 1.82) is 0 Å². The molecule has 0 saturated carbocycles. The smallest absolute Gasteiger partial charge is 0.283 e. The molecule has 0 aliphatic carbocycles. The van der Waals surface area contributed by atoms with Crippen molar-refractivity contribution in [3.8, 4) is 5.69 Å². The number of para-hydroxylation sites is 2. The first kappa shape index (κ1) is 20.3. The molecule has 0 aliphatic rings. The van der Waals surface area contributed by atoms with Gasteiger partial charge in [0.15, 0.2) is 5.16 Å². The molecule has 0 radical (unpaired) electrons. The number of hydrogen-bond donors (Lipinski definition) is 2. The van der Waals surface area contributed by atoms with Crippen LogP contribution in [0, 0.1) is 12.7 Å². The van der Waals surface area contributed by atoms with Gasteiger partial charge in [-0.25, -0.2) is 9.37 Å². The van der Waals surface area contributed by atoms with Gasteiger partial charge in [-0.05, 0) is 25.1 Å². The van der Waals surface area contributed by atoms with Gasteiger partial charge in [-0.1, -0.05) is 53.4 Å². The normalized spacial score (nSPS) is 11.3. The van der Waals surface area contributed by atoms with Gasteiger partial charge in [0.05, 0.1) is 11.4 Å². The van der Waals surface area contributed by atoms with E-state index in [1.54, 1.807) is 19.1 Å². The number of carbonyl (C=O) groups is 1. The fourth-order valence-corrected chi connectivity index (χ4v) is 4.72. The molecule has 2 aromatic carbocycles. The molecule has 0 unspecified atom stereocenters. The van der Waals surface area contributed by atoms with E-state index in [0.29, 0.717) is 10.6 Å². The number of aromatic amines is 1. The van der Waals surface area contributed by atoms with E-state index in [1.807, 2.05) is 24.3 Å². The van der Waals surface area contributed by atoms with E-state index in [-0.39, 0.29) is 28.0 Å². The van der Waals surface area contributed by atoms with E-state index < -0.39 is 11.4 Å². The molecule has 0 bridgehead atoms. The van der Waals surface area contributed by atoms with Crippen LogP contribution >= 0.6 is 23.1 Å². The zero-order valence-corrected chi connectivity index (χ0v) is 18.3. The summed E-state index contributed by atoms with van der Waals surface area (Å²) >= 11 is 2.30. The van der Waals surface area contributed by atoms with Gasteiger partial charge in [-0.15, -0.1) is 10.2 Å². The Labute approximate surface area is 188 Å². The molecular formula is C21H15FN6O2S2. The molecule has 3 heterocycles. The maximum atomic E-state index is 14.6. The van der Waals surface area contributed by atoms with Crippen LogP contribution < -0.4 is 10.9 Å². The molecule has 0 saturated heterocycles. The largest absolute Gasteiger partial charge is 0.349 e. The van der Waals surface area contributed by atoms with Gasteiger partial charge in [0.25, 0.3) is 5.56 Å². The van der Waals surface area contributed by atoms with Gasteiger partial charge in [-0.2, -0.15) is 0 Å². The van der Waals surface area contributed by atoms with Gasteiger partial charge in [-0.3, -0.25) is 19.5 Å². The number of nitrogens with one attached hydrogen (secondary N) is 2. The first-order chi connectivity index (χ1) is 15.5.